The number of nitrogens with one attached hydrogen (secondary N) is 1. The van der Waals surface area contributed by atoms with Gasteiger partial charge in [-0.15, -0.1) is 0 Å². The Hall–Kier alpha value is -2.57. The fourth-order valence-corrected chi connectivity index (χ4v) is 3.42. The van der Waals surface area contributed by atoms with E-state index in [1.807, 2.05) is 57.2 Å². The van der Waals surface area contributed by atoms with Gasteiger partial charge < -0.3 is 14.8 Å². The Morgan fingerprint density at radius 3 is 2.32 bits per heavy atom. The topological polar surface area (TPSA) is 77.5 Å². The highest BCUT2D eigenvalue weighted by Gasteiger charge is 2.18. The van der Waals surface area contributed by atoms with Gasteiger partial charge >= 0.3 is 0 Å². The smallest absolute Gasteiger partial charge is 0.269 e. The molecule has 2 rings (SSSR count). The molecule has 1 aromatic carbocycles. The van der Waals surface area contributed by atoms with Crippen molar-refractivity contribution in [3.05, 3.63) is 65.0 Å². The molecule has 0 saturated heterocycles. The molecule has 0 bridgehead atoms. The zero-order valence-electron chi connectivity index (χ0n) is 19.0. The number of pyridine rings is 1. The quantitative estimate of drug-likeness (QED) is 0.284. The summed E-state index contributed by atoms with van der Waals surface area (Å²) in [6.07, 6.45) is 2.50. The highest BCUT2D eigenvalue weighted by atomic mass is 16.7. The van der Waals surface area contributed by atoms with E-state index in [1.165, 1.54) is 0 Å². The molecule has 6 nitrogen and oxygen atoms in total. The number of amides is 1. The van der Waals surface area contributed by atoms with Crippen molar-refractivity contribution in [2.75, 3.05) is 20.3 Å². The van der Waals surface area contributed by atoms with Crippen LogP contribution in [0.2, 0.25) is 0 Å². The van der Waals surface area contributed by atoms with E-state index in [0.717, 1.165) is 24.8 Å². The number of benzene rings is 1. The minimum atomic E-state index is -0.299. The van der Waals surface area contributed by atoms with Crippen LogP contribution < -0.4 is 5.32 Å². The molecule has 0 saturated carbocycles. The molecule has 0 aliphatic rings. The van der Waals surface area contributed by atoms with Crippen LogP contribution in [0.3, 0.4) is 0 Å². The van der Waals surface area contributed by atoms with E-state index in [9.17, 15) is 9.59 Å². The van der Waals surface area contributed by atoms with Crippen LogP contribution in [0.1, 0.15) is 84.5 Å². The van der Waals surface area contributed by atoms with Crippen molar-refractivity contribution in [1.82, 2.24) is 10.3 Å². The van der Waals surface area contributed by atoms with E-state index in [4.69, 9.17) is 9.47 Å². The Balaban J connectivity index is 2.11. The van der Waals surface area contributed by atoms with Crippen molar-refractivity contribution in [3.8, 4) is 0 Å². The third kappa shape index (κ3) is 7.56. The van der Waals surface area contributed by atoms with E-state index < -0.39 is 0 Å². The van der Waals surface area contributed by atoms with E-state index >= 15 is 0 Å². The van der Waals surface area contributed by atoms with Gasteiger partial charge in [-0.3, -0.25) is 9.59 Å². The van der Waals surface area contributed by atoms with Crippen LogP contribution in [0.5, 0.6) is 0 Å². The monoisotopic (exact) mass is 426 g/mol. The lowest BCUT2D eigenvalue weighted by Gasteiger charge is -2.16. The fourth-order valence-electron chi connectivity index (χ4n) is 3.42. The largest absolute Gasteiger partial charge is 0.354 e. The van der Waals surface area contributed by atoms with Crippen molar-refractivity contribution in [2.45, 2.75) is 58.7 Å². The number of carbonyl (C=O) groups is 2. The minimum absolute atomic E-state index is 0.0124. The first-order valence-corrected chi connectivity index (χ1v) is 11.1. The van der Waals surface area contributed by atoms with Crippen molar-refractivity contribution < 1.29 is 19.1 Å². The summed E-state index contributed by atoms with van der Waals surface area (Å²) in [7, 11) is 1.56. The van der Waals surface area contributed by atoms with Crippen LogP contribution >= 0.6 is 0 Å². The molecule has 1 N–H and O–H groups in total. The lowest BCUT2D eigenvalue weighted by atomic mass is 9.94. The van der Waals surface area contributed by atoms with Crippen LogP contribution in [-0.4, -0.2) is 43.2 Å². The molecule has 1 amide bonds. The van der Waals surface area contributed by atoms with Gasteiger partial charge in [0.15, 0.2) is 12.1 Å². The van der Waals surface area contributed by atoms with Crippen LogP contribution in [0.4, 0.5) is 0 Å². The lowest BCUT2D eigenvalue weighted by molar-refractivity contribution is -0.140. The van der Waals surface area contributed by atoms with Gasteiger partial charge in [-0.2, -0.15) is 0 Å². The molecule has 0 unspecified atom stereocenters. The summed E-state index contributed by atoms with van der Waals surface area (Å²) in [5, 5.41) is 2.60. The van der Waals surface area contributed by atoms with E-state index in [1.54, 1.807) is 13.1 Å². The summed E-state index contributed by atoms with van der Waals surface area (Å²) in [6.45, 7) is 7.12. The number of aromatic nitrogens is 1. The van der Waals surface area contributed by atoms with E-state index in [0.29, 0.717) is 30.9 Å². The Labute approximate surface area is 185 Å². The SMILES string of the molecule is CCOC(CCCCC(=O)c1cc(C(=O)NC)nc([C@@H](C)c2ccccc2)c1)OCC. The van der Waals surface area contributed by atoms with Gasteiger partial charge in [-0.25, -0.2) is 4.98 Å². The highest BCUT2D eigenvalue weighted by molar-refractivity contribution is 5.99. The lowest BCUT2D eigenvalue weighted by Crippen LogP contribution is -2.21. The van der Waals surface area contributed by atoms with Gasteiger partial charge in [0.2, 0.25) is 0 Å². The number of rotatable bonds is 13. The van der Waals surface area contributed by atoms with Crippen molar-refractivity contribution in [2.24, 2.45) is 0 Å². The first-order valence-electron chi connectivity index (χ1n) is 11.1. The predicted molar refractivity (Wildman–Crippen MR) is 121 cm³/mol. The number of hydrogen-bond donors (Lipinski definition) is 1. The van der Waals surface area contributed by atoms with Crippen LogP contribution in [0.25, 0.3) is 0 Å². The number of ether oxygens (including phenoxy) is 2. The van der Waals surface area contributed by atoms with Crippen LogP contribution in [-0.2, 0) is 9.47 Å². The zero-order valence-corrected chi connectivity index (χ0v) is 19.0. The molecule has 0 fully saturated rings. The number of hydrogen-bond acceptors (Lipinski definition) is 5. The number of nitrogens with zero attached hydrogens (tertiary/aromatic N) is 1. The summed E-state index contributed by atoms with van der Waals surface area (Å²) in [5.41, 5.74) is 2.58. The minimum Gasteiger partial charge on any atom is -0.354 e. The molecular weight excluding hydrogens is 392 g/mol. The fraction of sp³-hybridized carbons (Fsp3) is 0.480. The third-order valence-corrected chi connectivity index (χ3v) is 5.17. The summed E-state index contributed by atoms with van der Waals surface area (Å²) in [6, 6.07) is 13.3. The molecule has 0 radical (unpaired) electrons. The van der Waals surface area contributed by atoms with Crippen LogP contribution in [0.15, 0.2) is 42.5 Å². The standard InChI is InChI=1S/C25H34N2O4/c1-5-30-24(31-6-2)15-11-10-14-23(28)20-16-21(27-22(17-20)25(29)26-4)18(3)19-12-8-7-9-13-19/h7-9,12-13,16-18,24H,5-6,10-11,14-15H2,1-4H3,(H,26,29)/t18-/m0/s1. The van der Waals surface area contributed by atoms with Gasteiger partial charge in [-0.1, -0.05) is 37.3 Å². The molecule has 2 aromatic rings. The second kappa shape index (κ2) is 13.0. The summed E-state index contributed by atoms with van der Waals surface area (Å²) in [5.74, 6) is -0.318. The van der Waals surface area contributed by atoms with Crippen molar-refractivity contribution in [1.29, 1.82) is 0 Å². The van der Waals surface area contributed by atoms with Crippen LogP contribution in [0, 0.1) is 0 Å². The maximum absolute atomic E-state index is 12.9. The Morgan fingerprint density at radius 1 is 1.03 bits per heavy atom. The van der Waals surface area contributed by atoms with Gasteiger partial charge in [0.25, 0.3) is 5.91 Å². The second-order valence-corrected chi connectivity index (χ2v) is 7.39. The van der Waals surface area contributed by atoms with Gasteiger partial charge in [0.1, 0.15) is 5.69 Å². The maximum atomic E-state index is 12.9. The van der Waals surface area contributed by atoms with Crippen molar-refractivity contribution >= 4 is 11.7 Å². The number of Topliss-reactive ketones (excluding diaryl/α,β-unsaturated/α-hetero) is 1. The average Bonchev–Trinajstić information content (AvgIpc) is 2.81. The molecule has 0 aliphatic heterocycles. The van der Waals surface area contributed by atoms with Gasteiger partial charge in [-0.05, 0) is 50.8 Å². The molecule has 6 heteroatoms. The number of unbranched alkanes of at least 4 members (excludes halogenated alkanes) is 1. The highest BCUT2D eigenvalue weighted by Crippen LogP contribution is 2.24. The maximum Gasteiger partial charge on any atom is 0.269 e. The average molecular weight is 427 g/mol. The number of ketones is 1. The summed E-state index contributed by atoms with van der Waals surface area (Å²) in [4.78, 5) is 29.7. The zero-order chi connectivity index (χ0) is 22.6. The Bertz CT molecular complexity index is 833. The van der Waals surface area contributed by atoms with Crippen molar-refractivity contribution in [3.63, 3.8) is 0 Å². The van der Waals surface area contributed by atoms with Gasteiger partial charge in [0.05, 0.1) is 0 Å². The molecule has 1 heterocycles. The molecular formula is C25H34N2O4. The summed E-state index contributed by atoms with van der Waals surface area (Å²) < 4.78 is 11.1. The molecule has 1 aromatic heterocycles. The Morgan fingerprint density at radius 2 is 1.71 bits per heavy atom. The molecule has 31 heavy (non-hydrogen) atoms. The molecule has 0 aliphatic carbocycles. The normalized spacial score (nSPS) is 12.0. The summed E-state index contributed by atoms with van der Waals surface area (Å²) >= 11 is 0. The first-order chi connectivity index (χ1) is 15.0. The molecule has 1 atom stereocenters. The molecule has 0 spiro atoms. The Kier molecular flexibility index (Phi) is 10.3. The second-order valence-electron chi connectivity index (χ2n) is 7.39. The predicted octanol–water partition coefficient (Wildman–Crippen LogP) is 4.74. The number of carbonyl (C=O) groups excluding carboxylic acids is 2. The van der Waals surface area contributed by atoms with Gasteiger partial charge in [0, 0.05) is 43.9 Å². The van der Waals surface area contributed by atoms with E-state index in [-0.39, 0.29) is 29.6 Å². The molecule has 168 valence electrons. The first kappa shape index (κ1) is 24.7. The van der Waals surface area contributed by atoms with E-state index in [2.05, 4.69) is 10.3 Å². The third-order valence-electron chi connectivity index (χ3n) is 5.17.